The molecule has 0 fully saturated rings. The van der Waals surface area contributed by atoms with Crippen molar-refractivity contribution in [1.82, 2.24) is 5.32 Å². The molecule has 0 bridgehead atoms. The van der Waals surface area contributed by atoms with Crippen molar-refractivity contribution in [3.8, 4) is 0 Å². The second kappa shape index (κ2) is 6.01. The highest BCUT2D eigenvalue weighted by molar-refractivity contribution is 9.10. The number of para-hydroxylation sites is 1. The van der Waals surface area contributed by atoms with Gasteiger partial charge in [0.2, 0.25) is 5.91 Å². The molecular weight excluding hydrogens is 268 g/mol. The molecule has 1 atom stereocenters. The summed E-state index contributed by atoms with van der Waals surface area (Å²) < 4.78 is 0.920. The molecule has 0 saturated carbocycles. The summed E-state index contributed by atoms with van der Waals surface area (Å²) in [5, 5.41) is 6.04. The fourth-order valence-electron chi connectivity index (χ4n) is 1.49. The lowest BCUT2D eigenvalue weighted by atomic mass is 10.1. The fourth-order valence-corrected chi connectivity index (χ4v) is 1.99. The van der Waals surface area contributed by atoms with Crippen molar-refractivity contribution in [2.75, 3.05) is 12.4 Å². The first-order valence-corrected chi connectivity index (χ1v) is 6.06. The van der Waals surface area contributed by atoms with Crippen LogP contribution in [0.4, 0.5) is 5.69 Å². The van der Waals surface area contributed by atoms with E-state index in [9.17, 15) is 4.79 Å². The normalized spacial score (nSPS) is 12.2. The van der Waals surface area contributed by atoms with Gasteiger partial charge in [-0.05, 0) is 48.0 Å². The number of likely N-dealkylation sites (N-methyl/N-ethyl adjacent to an activating group) is 1. The first-order chi connectivity index (χ1) is 7.54. The average Bonchev–Trinajstić information content (AvgIpc) is 2.22. The standard InChI is InChI=1S/C12H17BrN2O/c1-8(14-3)7-10-5-4-6-11(13)12(10)15-9(2)16/h4-6,8,14H,7H2,1-3H3,(H,15,16). The van der Waals surface area contributed by atoms with E-state index < -0.39 is 0 Å². The third kappa shape index (κ3) is 3.61. The van der Waals surface area contributed by atoms with Gasteiger partial charge in [0.25, 0.3) is 0 Å². The van der Waals surface area contributed by atoms with Crippen molar-refractivity contribution < 1.29 is 4.79 Å². The maximum Gasteiger partial charge on any atom is 0.221 e. The molecule has 4 heteroatoms. The van der Waals surface area contributed by atoms with Crippen LogP contribution >= 0.6 is 15.9 Å². The lowest BCUT2D eigenvalue weighted by molar-refractivity contribution is -0.114. The van der Waals surface area contributed by atoms with Gasteiger partial charge >= 0.3 is 0 Å². The summed E-state index contributed by atoms with van der Waals surface area (Å²) in [6.07, 6.45) is 0.881. The zero-order valence-electron chi connectivity index (χ0n) is 9.80. The molecule has 0 aliphatic heterocycles. The molecule has 1 rings (SSSR count). The number of anilines is 1. The number of nitrogens with one attached hydrogen (secondary N) is 2. The van der Waals surface area contributed by atoms with E-state index in [1.54, 1.807) is 0 Å². The van der Waals surface area contributed by atoms with Gasteiger partial charge in [0, 0.05) is 17.4 Å². The number of halogens is 1. The summed E-state index contributed by atoms with van der Waals surface area (Å²) in [6.45, 7) is 3.63. The second-order valence-electron chi connectivity index (χ2n) is 3.85. The number of hydrogen-bond donors (Lipinski definition) is 2. The number of carbonyl (C=O) groups is 1. The van der Waals surface area contributed by atoms with E-state index >= 15 is 0 Å². The lowest BCUT2D eigenvalue weighted by Crippen LogP contribution is -2.24. The molecule has 0 aliphatic carbocycles. The number of amides is 1. The Balaban J connectivity index is 2.97. The molecule has 0 spiro atoms. The number of rotatable bonds is 4. The van der Waals surface area contributed by atoms with Crippen molar-refractivity contribution in [2.45, 2.75) is 26.3 Å². The predicted molar refractivity (Wildman–Crippen MR) is 70.7 cm³/mol. The minimum atomic E-state index is -0.0507. The molecule has 16 heavy (non-hydrogen) atoms. The first kappa shape index (κ1) is 13.2. The minimum Gasteiger partial charge on any atom is -0.325 e. The van der Waals surface area contributed by atoms with Crippen LogP contribution in [0.5, 0.6) is 0 Å². The summed E-state index contributed by atoms with van der Waals surface area (Å²) in [6, 6.07) is 6.32. The Kier molecular flexibility index (Phi) is 4.96. The van der Waals surface area contributed by atoms with Gasteiger partial charge in [0.05, 0.1) is 5.69 Å². The number of hydrogen-bond acceptors (Lipinski definition) is 2. The highest BCUT2D eigenvalue weighted by atomic mass is 79.9. The molecule has 1 unspecified atom stereocenters. The Morgan fingerprint density at radius 2 is 2.19 bits per heavy atom. The third-order valence-electron chi connectivity index (χ3n) is 2.42. The zero-order chi connectivity index (χ0) is 12.1. The average molecular weight is 285 g/mol. The van der Waals surface area contributed by atoms with Crippen LogP contribution < -0.4 is 10.6 Å². The quantitative estimate of drug-likeness (QED) is 0.892. The molecular formula is C12H17BrN2O. The maximum atomic E-state index is 11.1. The van der Waals surface area contributed by atoms with Crippen molar-refractivity contribution in [2.24, 2.45) is 0 Å². The van der Waals surface area contributed by atoms with Crippen LogP contribution in [0.3, 0.4) is 0 Å². The highest BCUT2D eigenvalue weighted by Crippen LogP contribution is 2.27. The summed E-state index contributed by atoms with van der Waals surface area (Å²) in [7, 11) is 1.93. The lowest BCUT2D eigenvalue weighted by Gasteiger charge is -2.15. The van der Waals surface area contributed by atoms with Crippen LogP contribution in [0.2, 0.25) is 0 Å². The van der Waals surface area contributed by atoms with Crippen molar-refractivity contribution in [3.63, 3.8) is 0 Å². The van der Waals surface area contributed by atoms with Gasteiger partial charge in [0.15, 0.2) is 0 Å². The Morgan fingerprint density at radius 3 is 2.75 bits per heavy atom. The third-order valence-corrected chi connectivity index (χ3v) is 3.08. The maximum absolute atomic E-state index is 11.1. The zero-order valence-corrected chi connectivity index (χ0v) is 11.4. The SMILES string of the molecule is CNC(C)Cc1cccc(Br)c1NC(C)=O. The van der Waals surface area contributed by atoms with Crippen molar-refractivity contribution in [3.05, 3.63) is 28.2 Å². The molecule has 3 nitrogen and oxygen atoms in total. The van der Waals surface area contributed by atoms with E-state index in [0.29, 0.717) is 6.04 Å². The Morgan fingerprint density at radius 1 is 1.50 bits per heavy atom. The van der Waals surface area contributed by atoms with Crippen LogP contribution in [-0.2, 0) is 11.2 Å². The summed E-state index contributed by atoms with van der Waals surface area (Å²) in [4.78, 5) is 11.1. The van der Waals surface area contributed by atoms with E-state index in [0.717, 1.165) is 22.1 Å². The molecule has 0 heterocycles. The smallest absolute Gasteiger partial charge is 0.221 e. The summed E-state index contributed by atoms with van der Waals surface area (Å²) in [5.41, 5.74) is 2.00. The molecule has 0 saturated heterocycles. The molecule has 0 aliphatic rings. The predicted octanol–water partition coefficient (Wildman–Crippen LogP) is 2.56. The van der Waals surface area contributed by atoms with E-state index in [1.807, 2.05) is 25.2 Å². The van der Waals surface area contributed by atoms with Crippen LogP contribution in [0.25, 0.3) is 0 Å². The van der Waals surface area contributed by atoms with Crippen LogP contribution in [0.1, 0.15) is 19.4 Å². The second-order valence-corrected chi connectivity index (χ2v) is 4.70. The highest BCUT2D eigenvalue weighted by Gasteiger charge is 2.10. The van der Waals surface area contributed by atoms with Gasteiger partial charge < -0.3 is 10.6 Å². The first-order valence-electron chi connectivity index (χ1n) is 5.26. The summed E-state index contributed by atoms with van der Waals surface area (Å²) >= 11 is 3.45. The van der Waals surface area contributed by atoms with Crippen LogP contribution in [-0.4, -0.2) is 19.0 Å². The number of carbonyl (C=O) groups excluding carboxylic acids is 1. The van der Waals surface area contributed by atoms with Gasteiger partial charge in [-0.25, -0.2) is 0 Å². The topological polar surface area (TPSA) is 41.1 Å². The van der Waals surface area contributed by atoms with Crippen molar-refractivity contribution >= 4 is 27.5 Å². The monoisotopic (exact) mass is 284 g/mol. The van der Waals surface area contributed by atoms with E-state index in [1.165, 1.54) is 6.92 Å². The molecule has 0 aromatic heterocycles. The van der Waals surface area contributed by atoms with Gasteiger partial charge in [-0.3, -0.25) is 4.79 Å². The molecule has 0 radical (unpaired) electrons. The van der Waals surface area contributed by atoms with E-state index in [2.05, 4.69) is 33.5 Å². The Bertz CT molecular complexity index is 379. The minimum absolute atomic E-state index is 0.0507. The fraction of sp³-hybridized carbons (Fsp3) is 0.417. The van der Waals surface area contributed by atoms with Gasteiger partial charge in [-0.1, -0.05) is 12.1 Å². The van der Waals surface area contributed by atoms with Crippen LogP contribution in [0.15, 0.2) is 22.7 Å². The van der Waals surface area contributed by atoms with Gasteiger partial charge in [-0.15, -0.1) is 0 Å². The van der Waals surface area contributed by atoms with E-state index in [4.69, 9.17) is 0 Å². The Hall–Kier alpha value is -0.870. The molecule has 1 amide bonds. The van der Waals surface area contributed by atoms with Gasteiger partial charge in [-0.2, -0.15) is 0 Å². The molecule has 1 aromatic carbocycles. The molecule has 88 valence electrons. The van der Waals surface area contributed by atoms with Crippen molar-refractivity contribution in [1.29, 1.82) is 0 Å². The Labute approximate surface area is 105 Å². The number of benzene rings is 1. The van der Waals surface area contributed by atoms with Crippen LogP contribution in [0, 0.1) is 0 Å². The molecule has 1 aromatic rings. The summed E-state index contributed by atoms with van der Waals surface area (Å²) in [5.74, 6) is -0.0507. The van der Waals surface area contributed by atoms with Gasteiger partial charge in [0.1, 0.15) is 0 Å². The molecule has 2 N–H and O–H groups in total. The van der Waals surface area contributed by atoms with E-state index in [-0.39, 0.29) is 5.91 Å². The largest absolute Gasteiger partial charge is 0.325 e.